The fourth-order valence-corrected chi connectivity index (χ4v) is 8.90. The first-order chi connectivity index (χ1) is 20.3. The van der Waals surface area contributed by atoms with Gasteiger partial charge < -0.3 is 19.1 Å². The van der Waals surface area contributed by atoms with Crippen LogP contribution in [0.25, 0.3) is 21.5 Å². The van der Waals surface area contributed by atoms with Crippen LogP contribution < -0.4 is 0 Å². The van der Waals surface area contributed by atoms with Gasteiger partial charge in [0.25, 0.3) is 0 Å². The van der Waals surface area contributed by atoms with Crippen LogP contribution in [0.15, 0.2) is 34.9 Å². The molecular weight excluding hydrogens is 600 g/mol. The molecule has 0 aliphatic heterocycles. The van der Waals surface area contributed by atoms with Crippen LogP contribution in [0.2, 0.25) is 10.0 Å². The highest BCUT2D eigenvalue weighted by Crippen LogP contribution is 2.60. The number of nitriles is 1. The largest absolute Gasteiger partial charge is 0.382 e. The molecule has 2 aromatic heterocycles. The summed E-state index contributed by atoms with van der Waals surface area (Å²) in [5.41, 5.74) is 0.598. The molecule has 0 saturated heterocycles. The summed E-state index contributed by atoms with van der Waals surface area (Å²) in [5, 5.41) is 27.3. The summed E-state index contributed by atoms with van der Waals surface area (Å²) in [7, 11) is 1.65. The van der Waals surface area contributed by atoms with Crippen molar-refractivity contribution >= 4 is 44.8 Å². The first-order valence-corrected chi connectivity index (χ1v) is 15.6. The Labute approximate surface area is 256 Å². The summed E-state index contributed by atoms with van der Waals surface area (Å²) < 4.78 is 33.7. The molecule has 0 spiro atoms. The van der Waals surface area contributed by atoms with Crippen molar-refractivity contribution in [3.05, 3.63) is 68.1 Å². The topological polar surface area (TPSA) is 101 Å². The molecule has 11 heteroatoms. The van der Waals surface area contributed by atoms with Crippen molar-refractivity contribution < 1.29 is 23.5 Å². The molecule has 2 heterocycles. The van der Waals surface area contributed by atoms with E-state index >= 15 is 0 Å². The van der Waals surface area contributed by atoms with Gasteiger partial charge in [0.15, 0.2) is 5.82 Å². The molecule has 1 N–H and O–H groups in total. The summed E-state index contributed by atoms with van der Waals surface area (Å²) in [6, 6.07) is 10.2. The predicted molar refractivity (Wildman–Crippen MR) is 157 cm³/mol. The lowest BCUT2D eigenvalue weighted by Crippen LogP contribution is -2.52. The smallest absolute Gasteiger partial charge is 0.151 e. The molecule has 218 valence electrons. The lowest BCUT2D eigenvalue weighted by molar-refractivity contribution is -0.183. The third kappa shape index (κ3) is 4.55. The van der Waals surface area contributed by atoms with Crippen LogP contribution in [-0.2, 0) is 21.7 Å². The summed E-state index contributed by atoms with van der Waals surface area (Å²) in [4.78, 5) is 4.57. The van der Waals surface area contributed by atoms with E-state index in [0.29, 0.717) is 50.5 Å². The zero-order chi connectivity index (χ0) is 29.2. The van der Waals surface area contributed by atoms with E-state index in [2.05, 4.69) is 10.1 Å². The first-order valence-electron chi connectivity index (χ1n) is 14.0. The van der Waals surface area contributed by atoms with Gasteiger partial charge in [-0.25, -0.2) is 9.37 Å². The molecule has 7 rings (SSSR count). The Morgan fingerprint density at radius 3 is 2.52 bits per heavy atom. The second-order valence-corrected chi connectivity index (χ2v) is 13.6. The summed E-state index contributed by atoms with van der Waals surface area (Å²) in [6.07, 6.45) is 4.72. The molecule has 1 unspecified atom stereocenters. The normalized spacial score (nSPS) is 27.0. The summed E-state index contributed by atoms with van der Waals surface area (Å²) in [5.74, 6) is 0.224. The highest BCUT2D eigenvalue weighted by molar-refractivity contribution is 7.18. The highest BCUT2D eigenvalue weighted by atomic mass is 35.5. The number of aromatic nitrogens is 2. The second-order valence-electron chi connectivity index (χ2n) is 11.8. The van der Waals surface area contributed by atoms with E-state index in [0.717, 1.165) is 37.0 Å². The quantitative estimate of drug-likeness (QED) is 0.213. The van der Waals surface area contributed by atoms with Crippen molar-refractivity contribution in [1.82, 2.24) is 10.1 Å². The van der Waals surface area contributed by atoms with Gasteiger partial charge in [0.05, 0.1) is 45.2 Å². The van der Waals surface area contributed by atoms with E-state index in [1.54, 1.807) is 31.4 Å². The molecule has 3 aliphatic rings. The zero-order valence-electron chi connectivity index (χ0n) is 22.8. The van der Waals surface area contributed by atoms with Gasteiger partial charge in [-0.3, -0.25) is 0 Å². The Kier molecular flexibility index (Phi) is 7.08. The van der Waals surface area contributed by atoms with Crippen molar-refractivity contribution in [3.8, 4) is 17.3 Å². The molecule has 2 aromatic carbocycles. The van der Waals surface area contributed by atoms with E-state index in [9.17, 15) is 14.8 Å². The number of hydrogen-bond donors (Lipinski definition) is 1. The summed E-state index contributed by atoms with van der Waals surface area (Å²) >= 11 is 14.4. The molecule has 0 radical (unpaired) electrons. The van der Waals surface area contributed by atoms with Crippen LogP contribution in [0.5, 0.6) is 0 Å². The molecule has 3 fully saturated rings. The number of ether oxygens (including phenoxy) is 2. The Morgan fingerprint density at radius 1 is 1.17 bits per heavy atom. The van der Waals surface area contributed by atoms with Crippen LogP contribution in [0, 0.1) is 29.0 Å². The van der Waals surface area contributed by atoms with Crippen molar-refractivity contribution in [2.24, 2.45) is 11.8 Å². The lowest BCUT2D eigenvalue weighted by Gasteiger charge is -2.47. The van der Waals surface area contributed by atoms with Gasteiger partial charge in [-0.2, -0.15) is 5.26 Å². The van der Waals surface area contributed by atoms with Crippen LogP contribution in [-0.4, -0.2) is 34.6 Å². The number of aliphatic hydroxyl groups is 1. The molecular formula is C31H28Cl2FN3O4S. The van der Waals surface area contributed by atoms with Gasteiger partial charge in [-0.15, -0.1) is 11.3 Å². The number of methoxy groups -OCH3 is 1. The Bertz CT molecular complexity index is 1690. The van der Waals surface area contributed by atoms with Crippen LogP contribution >= 0.6 is 34.5 Å². The number of rotatable bonds is 8. The van der Waals surface area contributed by atoms with E-state index in [4.69, 9.17) is 37.2 Å². The average molecular weight is 629 g/mol. The van der Waals surface area contributed by atoms with Gasteiger partial charge in [0.1, 0.15) is 27.6 Å². The average Bonchev–Trinajstić information content (AvgIpc) is 3.53. The third-order valence-electron chi connectivity index (χ3n) is 9.16. The van der Waals surface area contributed by atoms with Gasteiger partial charge in [-0.1, -0.05) is 34.4 Å². The molecule has 4 atom stereocenters. The van der Waals surface area contributed by atoms with Crippen LogP contribution in [0.1, 0.15) is 66.3 Å². The maximum absolute atomic E-state index is 14.8. The van der Waals surface area contributed by atoms with Gasteiger partial charge >= 0.3 is 0 Å². The van der Waals surface area contributed by atoms with E-state index in [1.807, 2.05) is 6.07 Å². The number of hydrogen-bond acceptors (Lipinski definition) is 8. The number of benzene rings is 2. The van der Waals surface area contributed by atoms with E-state index in [-0.39, 0.29) is 35.4 Å². The van der Waals surface area contributed by atoms with Crippen molar-refractivity contribution in [2.45, 2.75) is 62.3 Å². The van der Waals surface area contributed by atoms with Gasteiger partial charge in [0.2, 0.25) is 0 Å². The Hall–Kier alpha value is -2.58. The van der Waals surface area contributed by atoms with Crippen LogP contribution in [0.3, 0.4) is 0 Å². The SMILES string of the molecule is COCC1(OCc2c(-c3c(Cl)cccc3Cl)noc2C2CC2)C[C@H]2CC[C@@H](C1)[C@]2(O)c1nc2c(F)cc(C#N)cc2s1. The minimum Gasteiger partial charge on any atom is -0.382 e. The molecule has 0 amide bonds. The lowest BCUT2D eigenvalue weighted by atomic mass is 9.68. The fourth-order valence-electron chi connectivity index (χ4n) is 7.06. The number of halogens is 3. The van der Waals surface area contributed by atoms with Crippen LogP contribution in [0.4, 0.5) is 4.39 Å². The maximum Gasteiger partial charge on any atom is 0.151 e. The van der Waals surface area contributed by atoms with Gasteiger partial charge in [0, 0.05) is 24.2 Å². The predicted octanol–water partition coefficient (Wildman–Crippen LogP) is 7.76. The molecule has 7 nitrogen and oxygen atoms in total. The molecule has 4 aromatic rings. The zero-order valence-corrected chi connectivity index (χ0v) is 25.2. The van der Waals surface area contributed by atoms with E-state index in [1.165, 1.54) is 17.4 Å². The number of nitrogens with zero attached hydrogens (tertiary/aromatic N) is 3. The molecule has 42 heavy (non-hydrogen) atoms. The monoisotopic (exact) mass is 627 g/mol. The number of fused-ring (bicyclic) bond motifs is 3. The van der Waals surface area contributed by atoms with Crippen molar-refractivity contribution in [3.63, 3.8) is 0 Å². The molecule has 2 bridgehead atoms. The third-order valence-corrected chi connectivity index (χ3v) is 10.9. The van der Waals surface area contributed by atoms with Crippen molar-refractivity contribution in [2.75, 3.05) is 13.7 Å². The fraction of sp³-hybridized carbons (Fsp3) is 0.452. The highest BCUT2D eigenvalue weighted by Gasteiger charge is 2.60. The minimum atomic E-state index is -1.21. The number of thiazole rings is 1. The van der Waals surface area contributed by atoms with E-state index < -0.39 is 17.0 Å². The Morgan fingerprint density at radius 2 is 1.88 bits per heavy atom. The molecule has 3 saturated carbocycles. The first kappa shape index (κ1) is 28.2. The van der Waals surface area contributed by atoms with Crippen molar-refractivity contribution in [1.29, 1.82) is 5.26 Å². The standard InChI is InChI=1S/C31H28Cl2FN3O4S/c1-39-15-30(40-14-20-26(37-41-28(20)17-5-6-17)25-21(32)3-2-4-22(25)33)11-18-7-8-19(12-30)31(18,38)29-36-27-23(34)9-16(13-35)10-24(27)42-29/h2-4,9-10,17-19,38H,5-8,11-12,14-15H2,1H3/t18-,19+,30?,31+. The molecule has 3 aliphatic carbocycles. The van der Waals surface area contributed by atoms with Gasteiger partial charge in [-0.05, 0) is 74.6 Å². The maximum atomic E-state index is 14.8. The summed E-state index contributed by atoms with van der Waals surface area (Å²) in [6.45, 7) is 0.582. The minimum absolute atomic E-state index is 0.159. The Balaban J connectivity index is 1.20. The second kappa shape index (κ2) is 10.5.